The van der Waals surface area contributed by atoms with Crippen LogP contribution in [-0.2, 0) is 27.5 Å². The Morgan fingerprint density at radius 2 is 1.85 bits per heavy atom. The van der Waals surface area contributed by atoms with E-state index in [1.54, 1.807) is 0 Å². The van der Waals surface area contributed by atoms with Crippen molar-refractivity contribution in [1.29, 1.82) is 0 Å². The van der Waals surface area contributed by atoms with Crippen LogP contribution in [0.4, 0.5) is 18.9 Å². The van der Waals surface area contributed by atoms with Crippen molar-refractivity contribution in [1.82, 2.24) is 4.31 Å². The molecule has 0 aliphatic carbocycles. The summed E-state index contributed by atoms with van der Waals surface area (Å²) in [6.07, 6.45) is -2.79. The van der Waals surface area contributed by atoms with Crippen molar-refractivity contribution in [3.8, 4) is 0 Å². The largest absolute Gasteiger partial charge is 0.416 e. The number of halogens is 4. The standard InChI is InChI=1S/C15H20F3N3O3S.ClH/c1-25(23,24)21-4-2-11(3-5-21)14(22)20-13-7-10(9-19)6-12(8-13)15(16,17)18;/h6-8,11H,2-5,9,19H2,1H3,(H,20,22);1H. The van der Waals surface area contributed by atoms with Crippen molar-refractivity contribution in [2.45, 2.75) is 25.6 Å². The number of hydrogen-bond acceptors (Lipinski definition) is 4. The molecule has 26 heavy (non-hydrogen) atoms. The number of piperidine rings is 1. The molecule has 0 radical (unpaired) electrons. The van der Waals surface area contributed by atoms with Crippen molar-refractivity contribution >= 4 is 34.0 Å². The van der Waals surface area contributed by atoms with Crippen molar-refractivity contribution in [2.24, 2.45) is 11.7 Å². The van der Waals surface area contributed by atoms with E-state index in [1.165, 1.54) is 10.4 Å². The minimum Gasteiger partial charge on any atom is -0.326 e. The van der Waals surface area contributed by atoms with Gasteiger partial charge in [0.05, 0.1) is 11.8 Å². The fourth-order valence-corrected chi connectivity index (χ4v) is 3.61. The van der Waals surface area contributed by atoms with Gasteiger partial charge in [-0.15, -0.1) is 12.4 Å². The van der Waals surface area contributed by atoms with Gasteiger partial charge < -0.3 is 11.1 Å². The first-order chi connectivity index (χ1) is 11.5. The Hall–Kier alpha value is -1.36. The molecule has 11 heteroatoms. The minimum absolute atomic E-state index is 0. The fraction of sp³-hybridized carbons (Fsp3) is 0.533. The average Bonchev–Trinajstić information content (AvgIpc) is 2.53. The molecule has 148 valence electrons. The van der Waals surface area contributed by atoms with Crippen LogP contribution in [0.3, 0.4) is 0 Å². The Balaban J connectivity index is 0.00000338. The smallest absolute Gasteiger partial charge is 0.326 e. The van der Waals surface area contributed by atoms with Gasteiger partial charge in [0.15, 0.2) is 0 Å². The van der Waals surface area contributed by atoms with E-state index in [4.69, 9.17) is 5.73 Å². The second kappa shape index (κ2) is 8.55. The molecule has 1 aromatic rings. The zero-order valence-corrected chi connectivity index (χ0v) is 15.7. The van der Waals surface area contributed by atoms with E-state index in [0.717, 1.165) is 18.4 Å². The molecule has 0 atom stereocenters. The van der Waals surface area contributed by atoms with E-state index in [-0.39, 0.29) is 43.3 Å². The highest BCUT2D eigenvalue weighted by atomic mass is 35.5. The van der Waals surface area contributed by atoms with E-state index < -0.39 is 33.6 Å². The molecule has 1 aliphatic rings. The highest BCUT2D eigenvalue weighted by Gasteiger charge is 2.32. The molecule has 2 rings (SSSR count). The maximum Gasteiger partial charge on any atom is 0.416 e. The van der Waals surface area contributed by atoms with Crippen LogP contribution in [0, 0.1) is 5.92 Å². The molecule has 0 unspecified atom stereocenters. The molecule has 0 saturated carbocycles. The number of nitrogens with zero attached hydrogens (tertiary/aromatic N) is 1. The first-order valence-corrected chi connectivity index (χ1v) is 9.53. The number of benzene rings is 1. The number of nitrogens with one attached hydrogen (secondary N) is 1. The first kappa shape index (κ1) is 22.7. The third-order valence-corrected chi connectivity index (χ3v) is 5.42. The molecule has 0 spiro atoms. The Kier molecular flexibility index (Phi) is 7.46. The van der Waals surface area contributed by atoms with Gasteiger partial charge in [0.25, 0.3) is 0 Å². The van der Waals surface area contributed by atoms with Crippen molar-refractivity contribution in [3.63, 3.8) is 0 Å². The van der Waals surface area contributed by atoms with Crippen molar-refractivity contribution in [2.75, 3.05) is 24.7 Å². The molecule has 1 amide bonds. The maximum absolute atomic E-state index is 12.9. The number of amides is 1. The number of nitrogens with two attached hydrogens (primary N) is 1. The number of sulfonamides is 1. The molecule has 1 aromatic carbocycles. The van der Waals surface area contributed by atoms with Crippen molar-refractivity contribution < 1.29 is 26.4 Å². The van der Waals surface area contributed by atoms with E-state index in [9.17, 15) is 26.4 Å². The average molecular weight is 416 g/mol. The second-order valence-corrected chi connectivity index (χ2v) is 8.03. The van der Waals surface area contributed by atoms with Gasteiger partial charge in [0.2, 0.25) is 15.9 Å². The predicted octanol–water partition coefficient (Wildman–Crippen LogP) is 2.20. The number of anilines is 1. The second-order valence-electron chi connectivity index (χ2n) is 6.05. The zero-order chi connectivity index (χ0) is 18.8. The van der Waals surface area contributed by atoms with E-state index >= 15 is 0 Å². The van der Waals surface area contributed by atoms with Crippen LogP contribution >= 0.6 is 12.4 Å². The van der Waals surface area contributed by atoms with Crippen LogP contribution in [-0.4, -0.2) is 38.0 Å². The topological polar surface area (TPSA) is 92.5 Å². The van der Waals surface area contributed by atoms with E-state index in [2.05, 4.69) is 5.32 Å². The quantitative estimate of drug-likeness (QED) is 0.788. The normalized spacial score (nSPS) is 16.8. The van der Waals surface area contributed by atoms with Gasteiger partial charge >= 0.3 is 6.18 Å². The van der Waals surface area contributed by atoms with Crippen LogP contribution in [0.1, 0.15) is 24.0 Å². The summed E-state index contributed by atoms with van der Waals surface area (Å²) in [4.78, 5) is 12.3. The molecule has 1 saturated heterocycles. The summed E-state index contributed by atoms with van der Waals surface area (Å²) >= 11 is 0. The molecule has 0 bridgehead atoms. The SMILES string of the molecule is CS(=O)(=O)N1CCC(C(=O)Nc2cc(CN)cc(C(F)(F)F)c2)CC1.Cl. The van der Waals surface area contributed by atoms with Gasteiger partial charge in [-0.25, -0.2) is 12.7 Å². The number of rotatable bonds is 4. The molecule has 3 N–H and O–H groups in total. The van der Waals surface area contributed by atoms with Gasteiger partial charge in [-0.2, -0.15) is 13.2 Å². The summed E-state index contributed by atoms with van der Waals surface area (Å²) in [5, 5.41) is 2.49. The Morgan fingerprint density at radius 1 is 1.27 bits per heavy atom. The van der Waals surface area contributed by atoms with Crippen LogP contribution in [0.2, 0.25) is 0 Å². The lowest BCUT2D eigenvalue weighted by Gasteiger charge is -2.29. The van der Waals surface area contributed by atoms with Crippen LogP contribution in [0.5, 0.6) is 0 Å². The van der Waals surface area contributed by atoms with Crippen molar-refractivity contribution in [3.05, 3.63) is 29.3 Å². The van der Waals surface area contributed by atoms with Gasteiger partial charge in [0, 0.05) is 31.2 Å². The van der Waals surface area contributed by atoms with Gasteiger partial charge in [-0.05, 0) is 36.6 Å². The van der Waals surface area contributed by atoms with E-state index in [0.29, 0.717) is 12.8 Å². The number of alkyl halides is 3. The number of carbonyl (C=O) groups excluding carboxylic acids is 1. The van der Waals surface area contributed by atoms with E-state index in [1.807, 2.05) is 0 Å². The fourth-order valence-electron chi connectivity index (χ4n) is 2.74. The van der Waals surface area contributed by atoms with Gasteiger partial charge in [0.1, 0.15) is 0 Å². The summed E-state index contributed by atoms with van der Waals surface area (Å²) in [5.41, 5.74) is 4.84. The molecule has 1 fully saturated rings. The first-order valence-electron chi connectivity index (χ1n) is 7.68. The Labute approximate surface area is 156 Å². The molecule has 0 aromatic heterocycles. The lowest BCUT2D eigenvalue weighted by Crippen LogP contribution is -2.40. The summed E-state index contributed by atoms with van der Waals surface area (Å²) in [7, 11) is -3.30. The molecule has 6 nitrogen and oxygen atoms in total. The monoisotopic (exact) mass is 415 g/mol. The van der Waals surface area contributed by atoms with Gasteiger partial charge in [-0.1, -0.05) is 0 Å². The summed E-state index contributed by atoms with van der Waals surface area (Å²) in [6, 6.07) is 3.21. The predicted molar refractivity (Wildman–Crippen MR) is 94.4 cm³/mol. The molecular weight excluding hydrogens is 395 g/mol. The highest BCUT2D eigenvalue weighted by Crippen LogP contribution is 2.32. The number of hydrogen-bond donors (Lipinski definition) is 2. The summed E-state index contributed by atoms with van der Waals surface area (Å²) < 4.78 is 63.0. The highest BCUT2D eigenvalue weighted by molar-refractivity contribution is 7.88. The van der Waals surface area contributed by atoms with Crippen LogP contribution in [0.15, 0.2) is 18.2 Å². The Bertz CT molecular complexity index is 748. The Morgan fingerprint density at radius 3 is 2.31 bits per heavy atom. The van der Waals surface area contributed by atoms with Crippen LogP contribution < -0.4 is 11.1 Å². The lowest BCUT2D eigenvalue weighted by atomic mass is 9.97. The minimum atomic E-state index is -4.54. The molecule has 1 aliphatic heterocycles. The van der Waals surface area contributed by atoms with Gasteiger partial charge in [-0.3, -0.25) is 4.79 Å². The third-order valence-electron chi connectivity index (χ3n) is 4.12. The van der Waals surface area contributed by atoms with Crippen LogP contribution in [0.25, 0.3) is 0 Å². The summed E-state index contributed by atoms with van der Waals surface area (Å²) in [6.45, 7) is 0.348. The maximum atomic E-state index is 12.9. The third kappa shape index (κ3) is 5.83. The zero-order valence-electron chi connectivity index (χ0n) is 14.0. The molecule has 1 heterocycles. The summed E-state index contributed by atoms with van der Waals surface area (Å²) in [5.74, 6) is -0.871. The lowest BCUT2D eigenvalue weighted by molar-refractivity contribution is -0.137. The molecular formula is C15H21ClF3N3O3S. The number of carbonyl (C=O) groups is 1.